The lowest BCUT2D eigenvalue weighted by Gasteiger charge is -2.19. The van der Waals surface area contributed by atoms with Gasteiger partial charge in [0.05, 0.1) is 18.1 Å². The summed E-state index contributed by atoms with van der Waals surface area (Å²) in [5.74, 6) is -0.149. The first-order valence-corrected chi connectivity index (χ1v) is 9.90. The first kappa shape index (κ1) is 20.4. The molecule has 7 nitrogen and oxygen atoms in total. The number of ether oxygens (including phenoxy) is 1. The minimum Gasteiger partial charge on any atom is -0.442 e. The monoisotopic (exact) mass is 414 g/mol. The Kier molecular flexibility index (Phi) is 4.86. The van der Waals surface area contributed by atoms with E-state index < -0.39 is 11.7 Å². The second-order valence-electron chi connectivity index (χ2n) is 8.47. The van der Waals surface area contributed by atoms with Crippen molar-refractivity contribution in [3.63, 3.8) is 0 Å². The maximum Gasteiger partial charge on any atom is 0.435 e. The predicted molar refractivity (Wildman–Crippen MR) is 116 cm³/mol. The molecule has 0 aliphatic carbocycles. The second kappa shape index (κ2) is 7.40. The molecule has 156 valence electrons. The standard InChI is InChI=1S/C24H22N4O3/c1-15(12-25)13-27-14-19-16(9-7-10-17(19)22(27)29)21-18-8-5-6-11-20(18)28(26-21)23(30)31-24(2,3)4/h5-11H,1,13-14H2,2-4H3. The molecule has 31 heavy (non-hydrogen) atoms. The van der Waals surface area contributed by atoms with Crippen LogP contribution in [0.2, 0.25) is 0 Å². The van der Waals surface area contributed by atoms with Crippen LogP contribution in [0.1, 0.15) is 36.7 Å². The van der Waals surface area contributed by atoms with Gasteiger partial charge in [-0.25, -0.2) is 4.79 Å². The number of benzene rings is 2. The van der Waals surface area contributed by atoms with Gasteiger partial charge >= 0.3 is 6.09 Å². The van der Waals surface area contributed by atoms with Crippen molar-refractivity contribution in [3.05, 3.63) is 65.7 Å². The zero-order valence-electron chi connectivity index (χ0n) is 17.7. The van der Waals surface area contributed by atoms with Gasteiger partial charge < -0.3 is 9.64 Å². The number of rotatable bonds is 3. The van der Waals surface area contributed by atoms with Crippen LogP contribution in [0.15, 0.2) is 54.6 Å². The number of nitriles is 1. The minimum atomic E-state index is -0.658. The van der Waals surface area contributed by atoms with Gasteiger partial charge in [-0.3, -0.25) is 4.79 Å². The van der Waals surface area contributed by atoms with Crippen molar-refractivity contribution in [2.24, 2.45) is 0 Å². The van der Waals surface area contributed by atoms with Crippen LogP contribution in [-0.4, -0.2) is 38.8 Å². The first-order chi connectivity index (χ1) is 14.7. The molecule has 1 aliphatic rings. The van der Waals surface area contributed by atoms with E-state index in [1.807, 2.05) is 36.4 Å². The highest BCUT2D eigenvalue weighted by molar-refractivity contribution is 6.03. The molecule has 0 radical (unpaired) electrons. The van der Waals surface area contributed by atoms with Crippen molar-refractivity contribution in [2.75, 3.05) is 6.54 Å². The van der Waals surface area contributed by atoms with E-state index in [-0.39, 0.29) is 12.5 Å². The topological polar surface area (TPSA) is 88.2 Å². The molecule has 0 spiro atoms. The van der Waals surface area contributed by atoms with E-state index in [2.05, 4.69) is 11.7 Å². The summed E-state index contributed by atoms with van der Waals surface area (Å²) in [7, 11) is 0. The van der Waals surface area contributed by atoms with Crippen LogP contribution in [0, 0.1) is 11.3 Å². The molecular formula is C24H22N4O3. The van der Waals surface area contributed by atoms with E-state index in [0.29, 0.717) is 28.9 Å². The van der Waals surface area contributed by atoms with E-state index in [4.69, 9.17) is 10.00 Å². The van der Waals surface area contributed by atoms with Gasteiger partial charge in [-0.05, 0) is 38.5 Å². The first-order valence-electron chi connectivity index (χ1n) is 9.90. The van der Waals surface area contributed by atoms with Gasteiger partial charge in [0.2, 0.25) is 0 Å². The molecule has 2 heterocycles. The van der Waals surface area contributed by atoms with E-state index in [1.165, 1.54) is 4.68 Å². The highest BCUT2D eigenvalue weighted by atomic mass is 16.6. The normalized spacial score (nSPS) is 13.2. The number of nitrogens with zero attached hydrogens (tertiary/aromatic N) is 4. The van der Waals surface area contributed by atoms with Crippen LogP contribution < -0.4 is 0 Å². The average molecular weight is 414 g/mol. The van der Waals surface area contributed by atoms with Crippen molar-refractivity contribution >= 4 is 22.9 Å². The number of hydrogen-bond acceptors (Lipinski definition) is 5. The number of carbonyl (C=O) groups excluding carboxylic acids is 2. The summed E-state index contributed by atoms with van der Waals surface area (Å²) in [4.78, 5) is 27.2. The van der Waals surface area contributed by atoms with Crippen LogP contribution in [0.4, 0.5) is 4.79 Å². The zero-order chi connectivity index (χ0) is 22.3. The molecule has 0 bridgehead atoms. The Morgan fingerprint density at radius 1 is 1.19 bits per heavy atom. The van der Waals surface area contributed by atoms with Crippen molar-refractivity contribution in [3.8, 4) is 17.3 Å². The van der Waals surface area contributed by atoms with Crippen LogP contribution >= 0.6 is 0 Å². The van der Waals surface area contributed by atoms with Crippen molar-refractivity contribution in [2.45, 2.75) is 32.9 Å². The van der Waals surface area contributed by atoms with Crippen LogP contribution in [0.5, 0.6) is 0 Å². The second-order valence-corrected chi connectivity index (χ2v) is 8.47. The summed E-state index contributed by atoms with van der Waals surface area (Å²) >= 11 is 0. The van der Waals surface area contributed by atoms with E-state index in [1.54, 1.807) is 37.8 Å². The Hall–Kier alpha value is -3.92. The molecule has 1 amide bonds. The SMILES string of the molecule is C=C(C#N)CN1Cc2c(cccc2-c2nn(C(=O)OC(C)(C)C)c3ccccc23)C1=O. The summed E-state index contributed by atoms with van der Waals surface area (Å²) in [6.07, 6.45) is -0.564. The largest absolute Gasteiger partial charge is 0.442 e. The molecule has 0 atom stereocenters. The maximum atomic E-state index is 12.8. The van der Waals surface area contributed by atoms with Gasteiger partial charge in [-0.15, -0.1) is 0 Å². The van der Waals surface area contributed by atoms with Crippen LogP contribution in [0.3, 0.4) is 0 Å². The molecule has 0 N–H and O–H groups in total. The zero-order valence-corrected chi connectivity index (χ0v) is 17.7. The smallest absolute Gasteiger partial charge is 0.435 e. The molecule has 1 aliphatic heterocycles. The third-order valence-electron chi connectivity index (χ3n) is 4.99. The molecular weight excluding hydrogens is 392 g/mol. The van der Waals surface area contributed by atoms with Gasteiger partial charge in [0.15, 0.2) is 0 Å². The lowest BCUT2D eigenvalue weighted by molar-refractivity contribution is 0.0523. The summed E-state index contributed by atoms with van der Waals surface area (Å²) in [5, 5.41) is 14.4. The number of para-hydroxylation sites is 1. The third-order valence-corrected chi connectivity index (χ3v) is 4.99. The molecule has 2 aromatic carbocycles. The van der Waals surface area contributed by atoms with Gasteiger partial charge in [-0.2, -0.15) is 15.0 Å². The molecule has 0 fully saturated rings. The van der Waals surface area contributed by atoms with E-state index in [0.717, 1.165) is 16.5 Å². The number of aromatic nitrogens is 2. The fraction of sp³-hybridized carbons (Fsp3) is 0.250. The van der Waals surface area contributed by atoms with Crippen molar-refractivity contribution < 1.29 is 14.3 Å². The Morgan fingerprint density at radius 3 is 2.61 bits per heavy atom. The maximum absolute atomic E-state index is 12.8. The lowest BCUT2D eigenvalue weighted by Crippen LogP contribution is -2.27. The Morgan fingerprint density at radius 2 is 1.90 bits per heavy atom. The van der Waals surface area contributed by atoms with Gasteiger partial charge in [0.1, 0.15) is 11.3 Å². The van der Waals surface area contributed by atoms with E-state index in [9.17, 15) is 9.59 Å². The quantitative estimate of drug-likeness (QED) is 0.588. The van der Waals surface area contributed by atoms with E-state index >= 15 is 0 Å². The predicted octanol–water partition coefficient (Wildman–Crippen LogP) is 4.52. The third kappa shape index (κ3) is 3.68. The van der Waals surface area contributed by atoms with Crippen molar-refractivity contribution in [1.29, 1.82) is 5.26 Å². The molecule has 1 aromatic heterocycles. The molecule has 0 unspecified atom stereocenters. The summed E-state index contributed by atoms with van der Waals surface area (Å²) in [6.45, 7) is 9.62. The molecule has 7 heteroatoms. The molecule has 3 aromatic rings. The van der Waals surface area contributed by atoms with Crippen molar-refractivity contribution in [1.82, 2.24) is 14.7 Å². The average Bonchev–Trinajstić information content (AvgIpc) is 3.25. The van der Waals surface area contributed by atoms with Gasteiger partial charge in [-0.1, -0.05) is 36.9 Å². The van der Waals surface area contributed by atoms with Crippen LogP contribution in [-0.2, 0) is 11.3 Å². The van der Waals surface area contributed by atoms with Gasteiger partial charge in [0, 0.05) is 28.6 Å². The Labute approximate surface area is 180 Å². The fourth-order valence-corrected chi connectivity index (χ4v) is 3.72. The number of carbonyl (C=O) groups is 2. The fourth-order valence-electron chi connectivity index (χ4n) is 3.72. The number of fused-ring (bicyclic) bond motifs is 2. The summed E-state index contributed by atoms with van der Waals surface area (Å²) in [6, 6.07) is 14.9. The Bertz CT molecular complexity index is 1270. The van der Waals surface area contributed by atoms with Crippen LogP contribution in [0.25, 0.3) is 22.2 Å². The Balaban J connectivity index is 1.82. The molecule has 0 saturated carbocycles. The minimum absolute atomic E-state index is 0.149. The highest BCUT2D eigenvalue weighted by Crippen LogP contribution is 2.36. The van der Waals surface area contributed by atoms with Gasteiger partial charge in [0.25, 0.3) is 5.91 Å². The summed E-state index contributed by atoms with van der Waals surface area (Å²) in [5.41, 5.74) is 3.05. The number of amides is 1. The highest BCUT2D eigenvalue weighted by Gasteiger charge is 2.31. The number of hydrogen-bond donors (Lipinski definition) is 0. The lowest BCUT2D eigenvalue weighted by atomic mass is 9.99. The molecule has 0 saturated heterocycles. The molecule has 4 rings (SSSR count). The summed E-state index contributed by atoms with van der Waals surface area (Å²) < 4.78 is 6.79.